The normalized spacial score (nSPS) is 26.4. The van der Waals surface area contributed by atoms with Crippen LogP contribution in [-0.2, 0) is 0 Å². The van der Waals surface area contributed by atoms with Crippen molar-refractivity contribution in [2.45, 2.75) is 0 Å². The Hall–Kier alpha value is 1.04. The molecular weight excluding hydrogens is 221 g/mol. The van der Waals surface area contributed by atoms with Crippen molar-refractivity contribution >= 4 is 8.93 Å². The number of halogens is 1. The third-order valence-corrected chi connectivity index (χ3v) is 6.11. The molecule has 0 aromatic heterocycles. The van der Waals surface area contributed by atoms with Crippen LogP contribution in [0.1, 0.15) is 0 Å². The Bertz CT molecular complexity index is 53.7. The number of nitrogens with zero attached hydrogens (tertiary/aromatic N) is 1. The third kappa shape index (κ3) is 2.19. The van der Waals surface area contributed by atoms with Crippen LogP contribution in [0, 0.1) is 0 Å². The molecule has 0 unspecified atom stereocenters. The standard InChI is InChI=1S/C4H9INS/c1-6-2-3-7-5-4-6/h2-4H2,1H3/q-1. The van der Waals surface area contributed by atoms with Gasteiger partial charge in [0.25, 0.3) is 0 Å². The fourth-order valence-corrected chi connectivity index (χ4v) is 5.03. The summed E-state index contributed by atoms with van der Waals surface area (Å²) in [5.41, 5.74) is 0. The summed E-state index contributed by atoms with van der Waals surface area (Å²) in [6, 6.07) is 0. The van der Waals surface area contributed by atoms with Gasteiger partial charge in [0.15, 0.2) is 0 Å². The van der Waals surface area contributed by atoms with Crippen LogP contribution in [-0.4, -0.2) is 28.8 Å². The number of hydrogen-bond donors (Lipinski definition) is 0. The monoisotopic (exact) mass is 230 g/mol. The first-order chi connectivity index (χ1) is 3.39. The fourth-order valence-electron chi connectivity index (χ4n) is 0.422. The Kier molecular flexibility index (Phi) is 2.77. The molecule has 0 aromatic carbocycles. The van der Waals surface area contributed by atoms with Crippen molar-refractivity contribution in [3.05, 3.63) is 0 Å². The molecule has 44 valence electrons. The van der Waals surface area contributed by atoms with Gasteiger partial charge in [-0.15, -0.1) is 0 Å². The van der Waals surface area contributed by atoms with E-state index in [-0.39, 0.29) is 0 Å². The number of alkyl halides is 1. The predicted molar refractivity (Wildman–Crippen MR) is 30.0 cm³/mol. The van der Waals surface area contributed by atoms with E-state index >= 15 is 0 Å². The molecule has 0 atom stereocenters. The van der Waals surface area contributed by atoms with E-state index in [2.05, 4.69) is 20.9 Å². The van der Waals surface area contributed by atoms with Gasteiger partial charge in [0.05, 0.1) is 0 Å². The van der Waals surface area contributed by atoms with Crippen LogP contribution >= 0.6 is 8.93 Å². The van der Waals surface area contributed by atoms with Gasteiger partial charge in [0.1, 0.15) is 0 Å². The molecule has 1 aliphatic rings. The molecule has 1 fully saturated rings. The van der Waals surface area contributed by atoms with Gasteiger partial charge in [0.2, 0.25) is 0 Å². The first-order valence-corrected chi connectivity index (χ1v) is 7.34. The van der Waals surface area contributed by atoms with E-state index in [1.54, 1.807) is 0 Å². The Morgan fingerprint density at radius 1 is 1.71 bits per heavy atom. The molecule has 0 N–H and O–H groups in total. The van der Waals surface area contributed by atoms with E-state index in [4.69, 9.17) is 0 Å². The molecule has 1 saturated heterocycles. The minimum atomic E-state index is 0.517. The van der Waals surface area contributed by atoms with E-state index in [9.17, 15) is 0 Å². The van der Waals surface area contributed by atoms with Crippen molar-refractivity contribution in [1.29, 1.82) is 0 Å². The van der Waals surface area contributed by atoms with Crippen LogP contribution in [0.15, 0.2) is 0 Å². The molecule has 1 rings (SSSR count). The average Bonchev–Trinajstić information content (AvgIpc) is 1.69. The van der Waals surface area contributed by atoms with Crippen LogP contribution in [0.3, 0.4) is 0 Å². The maximum atomic E-state index is 2.42. The zero-order chi connectivity index (χ0) is 5.11. The third-order valence-electron chi connectivity index (χ3n) is 0.880. The molecule has 3 heteroatoms. The van der Waals surface area contributed by atoms with Gasteiger partial charge in [-0.3, -0.25) is 0 Å². The first-order valence-electron chi connectivity index (χ1n) is 2.29. The number of rotatable bonds is 0. The first kappa shape index (κ1) is 6.16. The zero-order valence-electron chi connectivity index (χ0n) is 4.35. The van der Waals surface area contributed by atoms with Gasteiger partial charge in [-0.1, -0.05) is 0 Å². The van der Waals surface area contributed by atoms with Crippen molar-refractivity contribution in [1.82, 2.24) is 4.90 Å². The SMILES string of the molecule is CN1CCS[I-]C1. The Labute approximate surface area is 57.5 Å². The summed E-state index contributed by atoms with van der Waals surface area (Å²) < 4.78 is 1.39. The van der Waals surface area contributed by atoms with E-state index in [1.165, 1.54) is 16.8 Å². The van der Waals surface area contributed by atoms with E-state index in [0.29, 0.717) is 19.8 Å². The van der Waals surface area contributed by atoms with Gasteiger partial charge < -0.3 is 0 Å². The summed E-state index contributed by atoms with van der Waals surface area (Å²) in [5, 5.41) is 0. The molecule has 0 saturated carbocycles. The maximum absolute atomic E-state index is 2.42. The molecule has 0 amide bonds. The van der Waals surface area contributed by atoms with Crippen LogP contribution in [0.25, 0.3) is 0 Å². The molecule has 0 bridgehead atoms. The topological polar surface area (TPSA) is 3.24 Å². The van der Waals surface area contributed by atoms with Crippen molar-refractivity contribution < 1.29 is 19.8 Å². The quantitative estimate of drug-likeness (QED) is 0.260. The molecule has 0 aromatic rings. The molecule has 1 aliphatic heterocycles. The summed E-state index contributed by atoms with van der Waals surface area (Å²) in [6.45, 7) is 1.31. The number of hydrogen-bond acceptors (Lipinski definition) is 2. The molecule has 1 nitrogen and oxygen atoms in total. The van der Waals surface area contributed by atoms with E-state index < -0.39 is 0 Å². The van der Waals surface area contributed by atoms with E-state index in [1.807, 2.05) is 0 Å². The minimum absolute atomic E-state index is 0.517. The van der Waals surface area contributed by atoms with Crippen LogP contribution in [0.5, 0.6) is 0 Å². The Morgan fingerprint density at radius 2 is 2.57 bits per heavy atom. The second-order valence-electron chi connectivity index (χ2n) is 1.62. The van der Waals surface area contributed by atoms with Crippen molar-refractivity contribution in [2.24, 2.45) is 0 Å². The summed E-state index contributed by atoms with van der Waals surface area (Å²) >= 11 is 0.517. The van der Waals surface area contributed by atoms with Crippen LogP contribution in [0.4, 0.5) is 0 Å². The van der Waals surface area contributed by atoms with Crippen LogP contribution < -0.4 is 19.8 Å². The summed E-state index contributed by atoms with van der Waals surface area (Å²) in [4.78, 5) is 2.42. The molecule has 1 heterocycles. The van der Waals surface area contributed by atoms with Gasteiger partial charge in [-0.2, -0.15) is 0 Å². The van der Waals surface area contributed by atoms with Crippen molar-refractivity contribution in [3.8, 4) is 0 Å². The Morgan fingerprint density at radius 3 is 2.86 bits per heavy atom. The fraction of sp³-hybridized carbons (Fsp3) is 1.00. The van der Waals surface area contributed by atoms with Crippen LogP contribution in [0.2, 0.25) is 0 Å². The predicted octanol–water partition coefficient (Wildman–Crippen LogP) is -2.37. The van der Waals surface area contributed by atoms with Gasteiger partial charge in [-0.05, 0) is 0 Å². The summed E-state index contributed by atoms with van der Waals surface area (Å²) in [5.74, 6) is 1.38. The van der Waals surface area contributed by atoms with Gasteiger partial charge >= 0.3 is 57.5 Å². The molecule has 0 spiro atoms. The van der Waals surface area contributed by atoms with Crippen molar-refractivity contribution in [2.75, 3.05) is 23.9 Å². The Balaban J connectivity index is 2.12. The molecule has 7 heavy (non-hydrogen) atoms. The van der Waals surface area contributed by atoms with Gasteiger partial charge in [0, 0.05) is 0 Å². The summed E-state index contributed by atoms with van der Waals surface area (Å²) in [7, 11) is 4.37. The van der Waals surface area contributed by atoms with Crippen molar-refractivity contribution in [3.63, 3.8) is 0 Å². The summed E-state index contributed by atoms with van der Waals surface area (Å²) in [6.07, 6.45) is 0. The second kappa shape index (κ2) is 3.14. The molecule has 0 aliphatic carbocycles. The molecular formula is C4H9INS-. The van der Waals surface area contributed by atoms with Gasteiger partial charge in [-0.25, -0.2) is 0 Å². The average molecular weight is 230 g/mol. The second-order valence-corrected chi connectivity index (χ2v) is 6.89. The zero-order valence-corrected chi connectivity index (χ0v) is 7.33. The van der Waals surface area contributed by atoms with E-state index in [0.717, 1.165) is 0 Å². The molecule has 0 radical (unpaired) electrons.